The Kier molecular flexibility index (Phi) is 4.92. The number of amides is 1. The topological polar surface area (TPSA) is 54.4 Å². The number of benzene rings is 2. The molecule has 0 saturated heterocycles. The molecule has 1 aliphatic rings. The standard InChI is InChI=1S/C20H13ClF3N3OS/c1-10-9-25-19(29-10)27-18(28)14-4-2-3-11-7-16(26-17(11)14)13-6-5-12(21)8-15(13)20(22,23)24/h2-6,8-9H,7H2,1H3,(H,25,27,28). The molecule has 1 aliphatic heterocycles. The molecule has 1 amide bonds. The second kappa shape index (κ2) is 7.27. The number of alkyl halides is 3. The van der Waals surface area contributed by atoms with Gasteiger partial charge in [0.15, 0.2) is 5.13 Å². The van der Waals surface area contributed by atoms with Crippen molar-refractivity contribution in [2.45, 2.75) is 19.5 Å². The van der Waals surface area contributed by atoms with Crippen molar-refractivity contribution in [3.05, 3.63) is 74.7 Å². The number of hydrogen-bond acceptors (Lipinski definition) is 4. The summed E-state index contributed by atoms with van der Waals surface area (Å²) in [4.78, 5) is 22.1. The van der Waals surface area contributed by atoms with Crippen LogP contribution < -0.4 is 5.32 Å². The van der Waals surface area contributed by atoms with E-state index in [0.29, 0.717) is 16.4 Å². The molecule has 0 atom stereocenters. The van der Waals surface area contributed by atoms with Crippen LogP contribution in [0.4, 0.5) is 24.0 Å². The average molecular weight is 436 g/mol. The van der Waals surface area contributed by atoms with Gasteiger partial charge in [-0.25, -0.2) is 4.98 Å². The normalized spacial score (nSPS) is 13.2. The number of carbonyl (C=O) groups is 1. The molecule has 0 bridgehead atoms. The van der Waals surface area contributed by atoms with Gasteiger partial charge in [0.2, 0.25) is 0 Å². The van der Waals surface area contributed by atoms with Gasteiger partial charge >= 0.3 is 6.18 Å². The maximum Gasteiger partial charge on any atom is 0.417 e. The van der Waals surface area contributed by atoms with E-state index in [1.807, 2.05) is 6.92 Å². The molecular weight excluding hydrogens is 423 g/mol. The molecule has 9 heteroatoms. The van der Waals surface area contributed by atoms with E-state index in [9.17, 15) is 18.0 Å². The van der Waals surface area contributed by atoms with Crippen LogP contribution in [-0.2, 0) is 12.6 Å². The largest absolute Gasteiger partial charge is 0.417 e. The van der Waals surface area contributed by atoms with Crippen molar-refractivity contribution in [2.24, 2.45) is 4.99 Å². The number of nitrogens with zero attached hydrogens (tertiary/aromatic N) is 2. The van der Waals surface area contributed by atoms with Crippen LogP contribution in [0.15, 0.2) is 47.6 Å². The third kappa shape index (κ3) is 3.90. The molecule has 0 aliphatic carbocycles. The first-order valence-electron chi connectivity index (χ1n) is 8.53. The smallest absolute Gasteiger partial charge is 0.298 e. The van der Waals surface area contributed by atoms with Crippen LogP contribution in [0.1, 0.15) is 31.9 Å². The lowest BCUT2D eigenvalue weighted by atomic mass is 9.98. The molecule has 29 heavy (non-hydrogen) atoms. The summed E-state index contributed by atoms with van der Waals surface area (Å²) in [6.45, 7) is 1.87. The molecule has 0 unspecified atom stereocenters. The van der Waals surface area contributed by atoms with Crippen molar-refractivity contribution < 1.29 is 18.0 Å². The predicted octanol–water partition coefficient (Wildman–Crippen LogP) is 6.05. The molecule has 2 aromatic carbocycles. The highest BCUT2D eigenvalue weighted by molar-refractivity contribution is 7.15. The minimum Gasteiger partial charge on any atom is -0.298 e. The number of fused-ring (bicyclic) bond motifs is 1. The summed E-state index contributed by atoms with van der Waals surface area (Å²) in [5.74, 6) is -0.409. The van der Waals surface area contributed by atoms with E-state index < -0.39 is 17.6 Å². The fourth-order valence-corrected chi connectivity index (χ4v) is 3.97. The maximum absolute atomic E-state index is 13.5. The maximum atomic E-state index is 13.5. The number of carbonyl (C=O) groups excluding carboxylic acids is 1. The Morgan fingerprint density at radius 1 is 1.24 bits per heavy atom. The number of para-hydroxylation sites is 1. The van der Waals surface area contributed by atoms with Gasteiger partial charge in [0.25, 0.3) is 5.91 Å². The van der Waals surface area contributed by atoms with Gasteiger partial charge in [-0.15, -0.1) is 11.3 Å². The van der Waals surface area contributed by atoms with Gasteiger partial charge in [-0.3, -0.25) is 15.1 Å². The Labute approximate surface area is 173 Å². The molecule has 0 saturated carbocycles. The van der Waals surface area contributed by atoms with E-state index in [1.54, 1.807) is 24.4 Å². The molecule has 4 rings (SSSR count). The second-order valence-electron chi connectivity index (χ2n) is 6.47. The highest BCUT2D eigenvalue weighted by Gasteiger charge is 2.36. The summed E-state index contributed by atoms with van der Waals surface area (Å²) in [5.41, 5.74) is 0.699. The van der Waals surface area contributed by atoms with Gasteiger partial charge in [-0.05, 0) is 30.7 Å². The van der Waals surface area contributed by atoms with Crippen molar-refractivity contribution in [2.75, 3.05) is 5.32 Å². The first-order valence-corrected chi connectivity index (χ1v) is 9.72. The zero-order valence-electron chi connectivity index (χ0n) is 15.0. The fraction of sp³-hybridized carbons (Fsp3) is 0.150. The second-order valence-corrected chi connectivity index (χ2v) is 8.14. The summed E-state index contributed by atoms with van der Waals surface area (Å²) in [6.07, 6.45) is -2.73. The van der Waals surface area contributed by atoms with E-state index in [2.05, 4.69) is 15.3 Å². The van der Waals surface area contributed by atoms with E-state index in [4.69, 9.17) is 11.6 Å². The molecule has 3 aromatic rings. The number of aromatic nitrogens is 1. The lowest BCUT2D eigenvalue weighted by molar-refractivity contribution is -0.137. The van der Waals surface area contributed by atoms with Crippen LogP contribution in [0.2, 0.25) is 5.02 Å². The number of anilines is 1. The quantitative estimate of drug-likeness (QED) is 0.544. The van der Waals surface area contributed by atoms with E-state index in [-0.39, 0.29) is 28.3 Å². The van der Waals surface area contributed by atoms with Crippen LogP contribution in [0.25, 0.3) is 0 Å². The fourth-order valence-electron chi connectivity index (χ4n) is 3.14. The zero-order chi connectivity index (χ0) is 20.8. The molecule has 1 aromatic heterocycles. The molecular formula is C20H13ClF3N3OS. The number of halogens is 4. The number of aryl methyl sites for hydroxylation is 1. The number of thiazole rings is 1. The van der Waals surface area contributed by atoms with Crippen LogP contribution >= 0.6 is 22.9 Å². The van der Waals surface area contributed by atoms with Gasteiger partial charge in [0.1, 0.15) is 0 Å². The van der Waals surface area contributed by atoms with Crippen LogP contribution in [0.3, 0.4) is 0 Å². The van der Waals surface area contributed by atoms with Crippen molar-refractivity contribution in [1.82, 2.24) is 4.98 Å². The highest BCUT2D eigenvalue weighted by atomic mass is 35.5. The molecule has 148 valence electrons. The monoisotopic (exact) mass is 435 g/mol. The SMILES string of the molecule is Cc1cnc(NC(=O)c2cccc3c2N=C(c2ccc(Cl)cc2C(F)(F)F)C3)s1. The number of aliphatic imine (C=N–C) groups is 1. The Bertz CT molecular complexity index is 1150. The predicted molar refractivity (Wildman–Crippen MR) is 108 cm³/mol. The lowest BCUT2D eigenvalue weighted by Crippen LogP contribution is -2.13. The number of hydrogen-bond donors (Lipinski definition) is 1. The van der Waals surface area contributed by atoms with Gasteiger partial charge < -0.3 is 0 Å². The number of nitrogens with one attached hydrogen (secondary N) is 1. The van der Waals surface area contributed by atoms with Crippen molar-refractivity contribution in [3.8, 4) is 0 Å². The first-order chi connectivity index (χ1) is 13.7. The van der Waals surface area contributed by atoms with Crippen LogP contribution in [-0.4, -0.2) is 16.6 Å². The summed E-state index contributed by atoms with van der Waals surface area (Å²) >= 11 is 7.10. The Morgan fingerprint density at radius 3 is 2.72 bits per heavy atom. The lowest BCUT2D eigenvalue weighted by Gasteiger charge is -2.13. The molecule has 0 radical (unpaired) electrons. The van der Waals surface area contributed by atoms with E-state index in [0.717, 1.165) is 10.9 Å². The van der Waals surface area contributed by atoms with Gasteiger partial charge in [0.05, 0.1) is 22.5 Å². The molecule has 4 nitrogen and oxygen atoms in total. The summed E-state index contributed by atoms with van der Waals surface area (Å²) in [7, 11) is 0. The Balaban J connectivity index is 1.72. The van der Waals surface area contributed by atoms with Gasteiger partial charge in [-0.1, -0.05) is 29.8 Å². The van der Waals surface area contributed by atoms with Gasteiger partial charge in [-0.2, -0.15) is 13.2 Å². The van der Waals surface area contributed by atoms with Gasteiger partial charge in [0, 0.05) is 28.1 Å². The Morgan fingerprint density at radius 2 is 2.03 bits per heavy atom. The average Bonchev–Trinajstić information content (AvgIpc) is 3.26. The number of rotatable bonds is 3. The minimum atomic E-state index is -4.57. The zero-order valence-corrected chi connectivity index (χ0v) is 16.5. The minimum absolute atomic E-state index is 0.00371. The van der Waals surface area contributed by atoms with Crippen molar-refractivity contribution in [3.63, 3.8) is 0 Å². The van der Waals surface area contributed by atoms with E-state index in [1.165, 1.54) is 23.5 Å². The van der Waals surface area contributed by atoms with E-state index >= 15 is 0 Å². The summed E-state index contributed by atoms with van der Waals surface area (Å²) < 4.78 is 40.4. The third-order valence-electron chi connectivity index (χ3n) is 4.41. The van der Waals surface area contributed by atoms with Crippen molar-refractivity contribution in [1.29, 1.82) is 0 Å². The van der Waals surface area contributed by atoms with Crippen molar-refractivity contribution >= 4 is 45.4 Å². The first kappa shape index (κ1) is 19.6. The van der Waals surface area contributed by atoms with Crippen LogP contribution in [0.5, 0.6) is 0 Å². The molecule has 0 spiro atoms. The summed E-state index contributed by atoms with van der Waals surface area (Å²) in [5, 5.41) is 3.15. The molecule has 2 heterocycles. The molecule has 1 N–H and O–H groups in total. The Hall–Kier alpha value is -2.71. The van der Waals surface area contributed by atoms with Crippen LogP contribution in [0, 0.1) is 6.92 Å². The highest BCUT2D eigenvalue weighted by Crippen LogP contribution is 2.38. The third-order valence-corrected chi connectivity index (χ3v) is 5.47. The molecule has 0 fully saturated rings. The summed E-state index contributed by atoms with van der Waals surface area (Å²) in [6, 6.07) is 8.63.